The average molecular weight is 200 g/mol. The van der Waals surface area contributed by atoms with E-state index in [1.165, 1.54) is 0 Å². The van der Waals surface area contributed by atoms with Crippen molar-refractivity contribution in [3.05, 3.63) is 11.6 Å². The summed E-state index contributed by atoms with van der Waals surface area (Å²) in [5.74, 6) is -3.01. The first-order valence-corrected chi connectivity index (χ1v) is 4.56. The van der Waals surface area contributed by atoms with E-state index in [0.29, 0.717) is 12.0 Å². The van der Waals surface area contributed by atoms with Crippen LogP contribution in [0, 0.1) is 5.92 Å². The van der Waals surface area contributed by atoms with E-state index in [4.69, 9.17) is 9.84 Å². The van der Waals surface area contributed by atoms with Gasteiger partial charge in [-0.3, -0.25) is 9.59 Å². The number of hydrogen-bond donors (Lipinski definition) is 1. The van der Waals surface area contributed by atoms with Crippen molar-refractivity contribution in [2.45, 2.75) is 27.2 Å². The number of rotatable bonds is 5. The molecule has 14 heavy (non-hydrogen) atoms. The molecule has 0 spiro atoms. The monoisotopic (exact) mass is 200 g/mol. The van der Waals surface area contributed by atoms with E-state index < -0.39 is 17.9 Å². The molecule has 0 aromatic rings. The van der Waals surface area contributed by atoms with E-state index in [9.17, 15) is 9.59 Å². The molecule has 0 saturated heterocycles. The fourth-order valence-electron chi connectivity index (χ4n) is 0.934. The molecule has 1 unspecified atom stereocenters. The molecule has 4 heteroatoms. The predicted molar refractivity (Wildman–Crippen MR) is 51.8 cm³/mol. The highest BCUT2D eigenvalue weighted by Crippen LogP contribution is 2.12. The molecule has 0 radical (unpaired) electrons. The first kappa shape index (κ1) is 12.7. The van der Waals surface area contributed by atoms with Crippen molar-refractivity contribution < 1.29 is 19.4 Å². The van der Waals surface area contributed by atoms with Gasteiger partial charge in [0.05, 0.1) is 6.61 Å². The Morgan fingerprint density at radius 1 is 1.50 bits per heavy atom. The fraction of sp³-hybridized carbons (Fsp3) is 0.600. The second-order valence-electron chi connectivity index (χ2n) is 2.97. The zero-order chi connectivity index (χ0) is 11.1. The number of allylic oxidation sites excluding steroid dienone is 1. The van der Waals surface area contributed by atoms with Gasteiger partial charge in [0.25, 0.3) is 0 Å². The molecule has 0 aliphatic carbocycles. The fourth-order valence-corrected chi connectivity index (χ4v) is 0.934. The van der Waals surface area contributed by atoms with E-state index in [-0.39, 0.29) is 6.61 Å². The van der Waals surface area contributed by atoms with Gasteiger partial charge >= 0.3 is 11.9 Å². The number of esters is 1. The minimum Gasteiger partial charge on any atom is -0.480 e. The summed E-state index contributed by atoms with van der Waals surface area (Å²) in [5.41, 5.74) is 0.499. The lowest BCUT2D eigenvalue weighted by Gasteiger charge is -2.11. The highest BCUT2D eigenvalue weighted by Gasteiger charge is 2.28. The van der Waals surface area contributed by atoms with Crippen molar-refractivity contribution in [3.63, 3.8) is 0 Å². The highest BCUT2D eigenvalue weighted by atomic mass is 16.5. The van der Waals surface area contributed by atoms with E-state index in [1.807, 2.05) is 6.92 Å². The van der Waals surface area contributed by atoms with Gasteiger partial charge in [-0.25, -0.2) is 0 Å². The van der Waals surface area contributed by atoms with Crippen molar-refractivity contribution in [1.82, 2.24) is 0 Å². The van der Waals surface area contributed by atoms with Crippen LogP contribution in [0.5, 0.6) is 0 Å². The normalized spacial score (nSPS) is 13.5. The molecule has 0 aliphatic rings. The lowest BCUT2D eigenvalue weighted by atomic mass is 10.0. The Bertz CT molecular complexity index is 243. The van der Waals surface area contributed by atoms with E-state index in [1.54, 1.807) is 19.9 Å². The standard InChI is InChI=1S/C10H16O4/c1-4-6-14-10(13)8(9(11)12)7(3)5-2/h5,8H,4,6H2,1-3H3,(H,11,12). The average Bonchev–Trinajstić information content (AvgIpc) is 2.14. The van der Waals surface area contributed by atoms with Crippen LogP contribution in [0.2, 0.25) is 0 Å². The largest absolute Gasteiger partial charge is 0.480 e. The van der Waals surface area contributed by atoms with Crippen LogP contribution in [-0.2, 0) is 14.3 Å². The van der Waals surface area contributed by atoms with Crippen LogP contribution in [0.15, 0.2) is 11.6 Å². The maximum absolute atomic E-state index is 11.3. The number of carboxylic acid groups (broad SMARTS) is 1. The highest BCUT2D eigenvalue weighted by molar-refractivity contribution is 5.97. The Kier molecular flexibility index (Phi) is 5.60. The summed E-state index contributed by atoms with van der Waals surface area (Å²) in [5, 5.41) is 8.80. The third kappa shape index (κ3) is 3.60. The Morgan fingerprint density at radius 3 is 2.43 bits per heavy atom. The van der Waals surface area contributed by atoms with Gasteiger partial charge in [-0.2, -0.15) is 0 Å². The number of carbonyl (C=O) groups excluding carboxylic acids is 1. The predicted octanol–water partition coefficient (Wildman–Crippen LogP) is 1.61. The Labute approximate surface area is 83.6 Å². The molecule has 1 N–H and O–H groups in total. The third-order valence-corrected chi connectivity index (χ3v) is 1.84. The van der Waals surface area contributed by atoms with Gasteiger partial charge in [-0.1, -0.05) is 18.6 Å². The minimum atomic E-state index is -1.17. The molecule has 80 valence electrons. The molecular formula is C10H16O4. The van der Waals surface area contributed by atoms with Gasteiger partial charge in [0.2, 0.25) is 0 Å². The van der Waals surface area contributed by atoms with Crippen LogP contribution in [-0.4, -0.2) is 23.7 Å². The lowest BCUT2D eigenvalue weighted by molar-refractivity contribution is -0.156. The van der Waals surface area contributed by atoms with Crippen LogP contribution in [0.3, 0.4) is 0 Å². The van der Waals surface area contributed by atoms with Gasteiger partial charge in [0.1, 0.15) is 0 Å². The molecular weight excluding hydrogens is 184 g/mol. The molecule has 0 fully saturated rings. The topological polar surface area (TPSA) is 63.6 Å². The van der Waals surface area contributed by atoms with Crippen molar-refractivity contribution in [3.8, 4) is 0 Å². The number of ether oxygens (including phenoxy) is 1. The summed E-state index contributed by atoms with van der Waals surface area (Å²) >= 11 is 0. The van der Waals surface area contributed by atoms with Crippen LogP contribution >= 0.6 is 0 Å². The Hall–Kier alpha value is -1.32. The smallest absolute Gasteiger partial charge is 0.324 e. The lowest BCUT2D eigenvalue weighted by Crippen LogP contribution is -2.27. The molecule has 4 nitrogen and oxygen atoms in total. The maximum atomic E-state index is 11.3. The van der Waals surface area contributed by atoms with Gasteiger partial charge in [0, 0.05) is 0 Å². The molecule has 0 rings (SSSR count). The summed E-state index contributed by atoms with van der Waals surface area (Å²) < 4.78 is 4.78. The van der Waals surface area contributed by atoms with Gasteiger partial charge < -0.3 is 9.84 Å². The third-order valence-electron chi connectivity index (χ3n) is 1.84. The molecule has 0 aliphatic heterocycles. The van der Waals surface area contributed by atoms with E-state index in [0.717, 1.165) is 0 Å². The number of hydrogen-bond acceptors (Lipinski definition) is 3. The van der Waals surface area contributed by atoms with Crippen LogP contribution < -0.4 is 0 Å². The molecule has 0 heterocycles. The van der Waals surface area contributed by atoms with Crippen molar-refractivity contribution in [2.24, 2.45) is 5.92 Å². The minimum absolute atomic E-state index is 0.263. The maximum Gasteiger partial charge on any atom is 0.324 e. The first-order valence-electron chi connectivity index (χ1n) is 4.56. The zero-order valence-corrected chi connectivity index (χ0v) is 8.74. The van der Waals surface area contributed by atoms with E-state index >= 15 is 0 Å². The van der Waals surface area contributed by atoms with E-state index in [2.05, 4.69) is 0 Å². The van der Waals surface area contributed by atoms with Crippen LogP contribution in [0.25, 0.3) is 0 Å². The summed E-state index contributed by atoms with van der Waals surface area (Å²) in [6, 6.07) is 0. The molecule has 0 aromatic heterocycles. The van der Waals surface area contributed by atoms with Crippen molar-refractivity contribution >= 4 is 11.9 Å². The molecule has 0 amide bonds. The molecule has 1 atom stereocenters. The molecule has 0 bridgehead atoms. The SMILES string of the molecule is CC=C(C)C(C(=O)O)C(=O)OCCC. The summed E-state index contributed by atoms with van der Waals surface area (Å²) in [6.45, 7) is 5.41. The van der Waals surface area contributed by atoms with Crippen LogP contribution in [0.4, 0.5) is 0 Å². The number of aliphatic carboxylic acids is 1. The Balaban J connectivity index is 4.51. The second-order valence-corrected chi connectivity index (χ2v) is 2.97. The number of carboxylic acids is 1. The van der Waals surface area contributed by atoms with Crippen LogP contribution in [0.1, 0.15) is 27.2 Å². The van der Waals surface area contributed by atoms with Crippen molar-refractivity contribution in [1.29, 1.82) is 0 Å². The molecule has 0 saturated carbocycles. The zero-order valence-electron chi connectivity index (χ0n) is 8.74. The Morgan fingerprint density at radius 2 is 2.07 bits per heavy atom. The molecule has 0 aromatic carbocycles. The summed E-state index contributed by atoms with van der Waals surface area (Å²) in [7, 11) is 0. The van der Waals surface area contributed by atoms with Gasteiger partial charge in [-0.05, 0) is 20.3 Å². The summed E-state index contributed by atoms with van der Waals surface area (Å²) in [6.07, 6.45) is 2.29. The number of carbonyl (C=O) groups is 2. The first-order chi connectivity index (χ1) is 6.54. The summed E-state index contributed by atoms with van der Waals surface area (Å²) in [4.78, 5) is 22.1. The van der Waals surface area contributed by atoms with Gasteiger partial charge in [0.15, 0.2) is 5.92 Å². The second kappa shape index (κ2) is 6.18. The quantitative estimate of drug-likeness (QED) is 0.416. The van der Waals surface area contributed by atoms with Gasteiger partial charge in [-0.15, -0.1) is 0 Å². The van der Waals surface area contributed by atoms with Crippen molar-refractivity contribution in [2.75, 3.05) is 6.61 Å².